The third-order valence-corrected chi connectivity index (χ3v) is 5.44. The first kappa shape index (κ1) is 18.9. The van der Waals surface area contributed by atoms with Crippen LogP contribution in [0.25, 0.3) is 0 Å². The molecule has 0 atom stereocenters. The average Bonchev–Trinajstić information content (AvgIpc) is 2.62. The van der Waals surface area contributed by atoms with Crippen LogP contribution in [0.1, 0.15) is 10.5 Å². The van der Waals surface area contributed by atoms with Crippen molar-refractivity contribution in [2.45, 2.75) is 14.8 Å². The highest BCUT2D eigenvalue weighted by Gasteiger charge is 2.15. The summed E-state index contributed by atoms with van der Waals surface area (Å²) in [6.45, 7) is 0. The predicted molar refractivity (Wildman–Crippen MR) is 101 cm³/mol. The van der Waals surface area contributed by atoms with Gasteiger partial charge in [0.15, 0.2) is 21.3 Å². The van der Waals surface area contributed by atoms with E-state index < -0.39 is 15.7 Å². The number of nitrogens with two attached hydrogens (primary N) is 1. The molecule has 3 rings (SSSR count). The second kappa shape index (κ2) is 7.77. The number of hydrogen-bond acceptors (Lipinski definition) is 7. The molecule has 0 fully saturated rings. The summed E-state index contributed by atoms with van der Waals surface area (Å²) in [5.74, 6) is -0.200. The molecule has 1 aromatic carbocycles. The second-order valence-corrected chi connectivity index (χ2v) is 8.61. The molecule has 9 heteroatoms. The average molecular weight is 401 g/mol. The molecule has 27 heavy (non-hydrogen) atoms. The minimum Gasteiger partial charge on any atom is -0.455 e. The molecular weight excluding hydrogens is 386 g/mol. The van der Waals surface area contributed by atoms with Gasteiger partial charge in [-0.15, -0.1) is 0 Å². The van der Waals surface area contributed by atoms with Crippen molar-refractivity contribution < 1.29 is 17.9 Å². The molecule has 0 radical (unpaired) electrons. The van der Waals surface area contributed by atoms with Gasteiger partial charge in [-0.05, 0) is 42.5 Å². The number of hydrogen-bond donors (Lipinski definition) is 1. The first-order chi connectivity index (χ1) is 12.8. The van der Waals surface area contributed by atoms with E-state index in [-0.39, 0.29) is 16.3 Å². The zero-order chi connectivity index (χ0) is 19.4. The van der Waals surface area contributed by atoms with Crippen LogP contribution in [0.5, 0.6) is 11.5 Å². The van der Waals surface area contributed by atoms with Crippen LogP contribution in [0.3, 0.4) is 0 Å². The molecule has 0 unspecified atom stereocenters. The van der Waals surface area contributed by atoms with Crippen LogP contribution in [0, 0.1) is 0 Å². The van der Waals surface area contributed by atoms with Crippen LogP contribution in [0.15, 0.2) is 75.7 Å². The van der Waals surface area contributed by atoms with E-state index in [9.17, 15) is 13.2 Å². The third-order valence-electron chi connectivity index (χ3n) is 3.40. The maximum Gasteiger partial charge on any atom is 0.271 e. The lowest BCUT2D eigenvalue weighted by Crippen LogP contribution is -2.14. The highest BCUT2D eigenvalue weighted by atomic mass is 32.2. The Bertz CT molecular complexity index is 1070. The van der Waals surface area contributed by atoms with E-state index in [4.69, 9.17) is 10.5 Å². The van der Waals surface area contributed by atoms with Crippen LogP contribution in [0.2, 0.25) is 0 Å². The van der Waals surface area contributed by atoms with E-state index >= 15 is 0 Å². The fourth-order valence-electron chi connectivity index (χ4n) is 2.16. The van der Waals surface area contributed by atoms with E-state index in [1.54, 1.807) is 12.3 Å². The van der Waals surface area contributed by atoms with Crippen molar-refractivity contribution in [1.82, 2.24) is 9.97 Å². The van der Waals surface area contributed by atoms with Gasteiger partial charge in [-0.2, -0.15) is 0 Å². The maximum atomic E-state index is 11.6. The van der Waals surface area contributed by atoms with Crippen molar-refractivity contribution in [3.05, 3.63) is 66.6 Å². The van der Waals surface area contributed by atoms with Gasteiger partial charge in [0, 0.05) is 23.5 Å². The molecule has 0 saturated heterocycles. The highest BCUT2D eigenvalue weighted by molar-refractivity contribution is 7.99. The van der Waals surface area contributed by atoms with Gasteiger partial charge in [0.25, 0.3) is 5.91 Å². The number of amides is 1. The Morgan fingerprint density at radius 2 is 1.85 bits per heavy atom. The Morgan fingerprint density at radius 3 is 2.44 bits per heavy atom. The van der Waals surface area contributed by atoms with Crippen molar-refractivity contribution >= 4 is 27.5 Å². The van der Waals surface area contributed by atoms with Gasteiger partial charge in [0.1, 0.15) is 10.8 Å². The van der Waals surface area contributed by atoms with Crippen LogP contribution >= 0.6 is 11.8 Å². The van der Waals surface area contributed by atoms with Crippen LogP contribution < -0.4 is 10.5 Å². The number of carbonyl (C=O) groups excluding carboxylic acids is 1. The van der Waals surface area contributed by atoms with Crippen molar-refractivity contribution in [2.24, 2.45) is 5.73 Å². The molecule has 1 amide bonds. The van der Waals surface area contributed by atoms with Gasteiger partial charge in [-0.25, -0.2) is 18.4 Å². The Morgan fingerprint density at radius 1 is 1.11 bits per heavy atom. The fourth-order valence-corrected chi connectivity index (χ4v) is 3.56. The molecule has 3 aromatic rings. The van der Waals surface area contributed by atoms with Crippen molar-refractivity contribution in [3.8, 4) is 11.5 Å². The van der Waals surface area contributed by atoms with Crippen molar-refractivity contribution in [1.29, 1.82) is 0 Å². The van der Waals surface area contributed by atoms with Gasteiger partial charge in [-0.1, -0.05) is 17.8 Å². The number of rotatable bonds is 6. The molecular formula is C18H15N3O4S2. The fraction of sp³-hybridized carbons (Fsp3) is 0.0556. The summed E-state index contributed by atoms with van der Waals surface area (Å²) in [5, 5.41) is 0.759. The van der Waals surface area contributed by atoms with Crippen molar-refractivity contribution in [3.63, 3.8) is 0 Å². The number of carbonyl (C=O) groups is 1. The predicted octanol–water partition coefficient (Wildman–Crippen LogP) is 2.92. The summed E-state index contributed by atoms with van der Waals surface area (Å²) in [7, 11) is -3.31. The van der Waals surface area contributed by atoms with Gasteiger partial charge in [0.2, 0.25) is 0 Å². The summed E-state index contributed by atoms with van der Waals surface area (Å²) >= 11 is 1.35. The Labute approximate surface area is 160 Å². The largest absolute Gasteiger partial charge is 0.455 e. The van der Waals surface area contributed by atoms with Crippen LogP contribution in [0.4, 0.5) is 0 Å². The highest BCUT2D eigenvalue weighted by Crippen LogP contribution is 2.32. The number of nitrogens with zero attached hydrogens (tertiary/aromatic N) is 2. The summed E-state index contributed by atoms with van der Waals surface area (Å²) in [4.78, 5) is 20.8. The van der Waals surface area contributed by atoms with E-state index in [0.717, 1.165) is 11.3 Å². The number of pyridine rings is 2. The van der Waals surface area contributed by atoms with E-state index in [1.807, 2.05) is 18.2 Å². The standard InChI is InChI=1S/C18H15N3O4S2/c1-27(23,24)14-7-5-12(6-8-14)25-15-10-13(11-21-17(15)18(19)22)26-16-4-2-3-9-20-16/h2-11H,1H3,(H2,19,22). The topological polar surface area (TPSA) is 112 Å². The maximum absolute atomic E-state index is 11.6. The molecule has 0 aliphatic heterocycles. The lowest BCUT2D eigenvalue weighted by Gasteiger charge is -2.10. The minimum absolute atomic E-state index is 0.0208. The molecule has 0 bridgehead atoms. The Kier molecular flexibility index (Phi) is 5.43. The summed E-state index contributed by atoms with van der Waals surface area (Å²) < 4.78 is 28.8. The van der Waals surface area contributed by atoms with Gasteiger partial charge in [-0.3, -0.25) is 4.79 Å². The lowest BCUT2D eigenvalue weighted by molar-refractivity contribution is 0.0993. The zero-order valence-electron chi connectivity index (χ0n) is 14.2. The van der Waals surface area contributed by atoms with Gasteiger partial charge >= 0.3 is 0 Å². The van der Waals surface area contributed by atoms with E-state index in [2.05, 4.69) is 9.97 Å². The molecule has 2 heterocycles. The number of aromatic nitrogens is 2. The number of sulfone groups is 1. The second-order valence-electron chi connectivity index (χ2n) is 5.50. The van der Waals surface area contributed by atoms with E-state index in [1.165, 1.54) is 42.2 Å². The summed E-state index contributed by atoms with van der Waals surface area (Å²) in [6, 6.07) is 13.0. The number of primary amides is 1. The molecule has 0 aliphatic carbocycles. The molecule has 7 nitrogen and oxygen atoms in total. The molecule has 2 N–H and O–H groups in total. The molecule has 138 valence electrons. The zero-order valence-corrected chi connectivity index (χ0v) is 15.8. The molecule has 0 aliphatic rings. The number of ether oxygens (including phenoxy) is 1. The first-order valence-electron chi connectivity index (χ1n) is 7.69. The normalized spacial score (nSPS) is 11.1. The van der Waals surface area contributed by atoms with Crippen LogP contribution in [-0.2, 0) is 9.84 Å². The SMILES string of the molecule is CS(=O)(=O)c1ccc(Oc2cc(Sc3ccccn3)cnc2C(N)=O)cc1. The lowest BCUT2D eigenvalue weighted by atomic mass is 10.3. The smallest absolute Gasteiger partial charge is 0.271 e. The van der Waals surface area contributed by atoms with Gasteiger partial charge < -0.3 is 10.5 Å². The quantitative estimate of drug-likeness (QED) is 0.676. The Balaban J connectivity index is 1.90. The van der Waals surface area contributed by atoms with Gasteiger partial charge in [0.05, 0.1) is 4.90 Å². The molecule has 0 spiro atoms. The summed E-state index contributed by atoms with van der Waals surface area (Å²) in [5.41, 5.74) is 5.35. The van der Waals surface area contributed by atoms with E-state index in [0.29, 0.717) is 10.6 Å². The van der Waals surface area contributed by atoms with Crippen molar-refractivity contribution in [2.75, 3.05) is 6.26 Å². The molecule has 0 saturated carbocycles. The Hall–Kier alpha value is -2.91. The summed E-state index contributed by atoms with van der Waals surface area (Å²) in [6.07, 6.45) is 4.31. The first-order valence-corrected chi connectivity index (χ1v) is 10.4. The number of benzene rings is 1. The minimum atomic E-state index is -3.31. The monoisotopic (exact) mass is 401 g/mol. The van der Waals surface area contributed by atoms with Crippen LogP contribution in [-0.4, -0.2) is 30.5 Å². The third kappa shape index (κ3) is 4.83. The molecule has 2 aromatic heterocycles.